The van der Waals surface area contributed by atoms with Crippen molar-refractivity contribution in [2.75, 3.05) is 13.6 Å². The molecule has 1 heterocycles. The van der Waals surface area contributed by atoms with Crippen LogP contribution < -0.4 is 5.32 Å². The van der Waals surface area contributed by atoms with Gasteiger partial charge in [-0.2, -0.15) is 11.3 Å². The zero-order chi connectivity index (χ0) is 16.1. The molecule has 2 rings (SSSR count). The Labute approximate surface area is 138 Å². The second-order valence-corrected chi connectivity index (χ2v) is 6.20. The molecule has 0 aliphatic rings. The maximum Gasteiger partial charge on any atom is 0.240 e. The lowest BCUT2D eigenvalue weighted by Crippen LogP contribution is -2.39. The summed E-state index contributed by atoms with van der Waals surface area (Å²) in [6.45, 7) is 1.46. The molecule has 0 spiro atoms. The Balaban J connectivity index is 2.17. The molecule has 0 bridgehead atoms. The van der Waals surface area contributed by atoms with E-state index in [1.54, 1.807) is 30.5 Å². The highest BCUT2D eigenvalue weighted by Gasteiger charge is 2.18. The van der Waals surface area contributed by atoms with Crippen LogP contribution in [0, 0.1) is 0 Å². The summed E-state index contributed by atoms with van der Waals surface area (Å²) < 4.78 is 0. The maximum atomic E-state index is 12.2. The molecule has 1 aromatic heterocycles. The maximum absolute atomic E-state index is 12.2. The SMILES string of the molecule is CC(=O)N(C)CC(=O)NC(c1ccc(Cl)cc1)c1ccsc1. The number of halogens is 1. The molecule has 116 valence electrons. The molecule has 0 saturated carbocycles. The van der Waals surface area contributed by atoms with Gasteiger partial charge in [-0.05, 0) is 40.1 Å². The summed E-state index contributed by atoms with van der Waals surface area (Å²) in [7, 11) is 1.60. The molecule has 0 fully saturated rings. The van der Waals surface area contributed by atoms with E-state index in [1.807, 2.05) is 29.0 Å². The van der Waals surface area contributed by atoms with Gasteiger partial charge in [0.2, 0.25) is 11.8 Å². The summed E-state index contributed by atoms with van der Waals surface area (Å²) in [4.78, 5) is 24.8. The highest BCUT2D eigenvalue weighted by Crippen LogP contribution is 2.25. The first kappa shape index (κ1) is 16.5. The van der Waals surface area contributed by atoms with Gasteiger partial charge in [-0.25, -0.2) is 0 Å². The van der Waals surface area contributed by atoms with Gasteiger partial charge in [0.15, 0.2) is 0 Å². The fraction of sp³-hybridized carbons (Fsp3) is 0.250. The van der Waals surface area contributed by atoms with Gasteiger partial charge in [0, 0.05) is 19.0 Å². The van der Waals surface area contributed by atoms with Crippen molar-refractivity contribution in [3.05, 3.63) is 57.2 Å². The number of rotatable bonds is 5. The van der Waals surface area contributed by atoms with E-state index in [0.717, 1.165) is 11.1 Å². The molecule has 1 aromatic carbocycles. The zero-order valence-electron chi connectivity index (χ0n) is 12.4. The van der Waals surface area contributed by atoms with Crippen molar-refractivity contribution in [2.45, 2.75) is 13.0 Å². The number of carbonyl (C=O) groups is 2. The summed E-state index contributed by atoms with van der Waals surface area (Å²) in [5, 5.41) is 7.58. The van der Waals surface area contributed by atoms with Gasteiger partial charge in [-0.15, -0.1) is 0 Å². The fourth-order valence-corrected chi connectivity index (χ4v) is 2.80. The quantitative estimate of drug-likeness (QED) is 0.912. The standard InChI is InChI=1S/C16H17ClN2O2S/c1-11(20)19(2)9-15(21)18-16(13-7-8-22-10-13)12-3-5-14(17)6-4-12/h3-8,10,16H,9H2,1-2H3,(H,18,21). The molecule has 22 heavy (non-hydrogen) atoms. The number of nitrogens with one attached hydrogen (secondary N) is 1. The van der Waals surface area contributed by atoms with Gasteiger partial charge in [-0.3, -0.25) is 9.59 Å². The number of likely N-dealkylation sites (N-methyl/N-ethyl adjacent to an activating group) is 1. The van der Waals surface area contributed by atoms with Crippen molar-refractivity contribution in [3.8, 4) is 0 Å². The van der Waals surface area contributed by atoms with Crippen molar-refractivity contribution in [1.82, 2.24) is 10.2 Å². The zero-order valence-corrected chi connectivity index (χ0v) is 13.9. The summed E-state index contributed by atoms with van der Waals surface area (Å²) in [6.07, 6.45) is 0. The Bertz CT molecular complexity index is 641. The number of hydrogen-bond acceptors (Lipinski definition) is 3. The first-order valence-electron chi connectivity index (χ1n) is 6.76. The first-order valence-corrected chi connectivity index (χ1v) is 8.08. The molecule has 0 saturated heterocycles. The molecule has 1 N–H and O–H groups in total. The van der Waals surface area contributed by atoms with Crippen molar-refractivity contribution < 1.29 is 9.59 Å². The van der Waals surface area contributed by atoms with Gasteiger partial charge in [-0.1, -0.05) is 23.7 Å². The predicted octanol–water partition coefficient (Wildman–Crippen LogP) is 3.09. The number of amides is 2. The van der Waals surface area contributed by atoms with Crippen LogP contribution in [0.5, 0.6) is 0 Å². The van der Waals surface area contributed by atoms with E-state index in [2.05, 4.69) is 5.32 Å². The lowest BCUT2D eigenvalue weighted by molar-refractivity contribution is -0.133. The minimum atomic E-state index is -0.253. The highest BCUT2D eigenvalue weighted by molar-refractivity contribution is 7.08. The van der Waals surface area contributed by atoms with Gasteiger partial charge in [0.25, 0.3) is 0 Å². The largest absolute Gasteiger partial charge is 0.344 e. The molecule has 4 nitrogen and oxygen atoms in total. The molecule has 1 atom stereocenters. The van der Waals surface area contributed by atoms with Crippen molar-refractivity contribution >= 4 is 34.8 Å². The van der Waals surface area contributed by atoms with E-state index in [4.69, 9.17) is 11.6 Å². The van der Waals surface area contributed by atoms with Gasteiger partial charge < -0.3 is 10.2 Å². The topological polar surface area (TPSA) is 49.4 Å². The summed E-state index contributed by atoms with van der Waals surface area (Å²) in [6, 6.07) is 9.09. The third kappa shape index (κ3) is 4.32. The van der Waals surface area contributed by atoms with Crippen LogP contribution in [0.4, 0.5) is 0 Å². The van der Waals surface area contributed by atoms with Crippen LogP contribution in [0.3, 0.4) is 0 Å². The molecular weight excluding hydrogens is 320 g/mol. The van der Waals surface area contributed by atoms with Gasteiger partial charge >= 0.3 is 0 Å². The Hall–Kier alpha value is -1.85. The molecule has 2 amide bonds. The second kappa shape index (κ2) is 7.42. The minimum absolute atomic E-state index is 0.0313. The summed E-state index contributed by atoms with van der Waals surface area (Å²) in [5.74, 6) is -0.349. The average Bonchev–Trinajstić information content (AvgIpc) is 2.99. The Morgan fingerprint density at radius 2 is 1.91 bits per heavy atom. The van der Waals surface area contributed by atoms with Crippen LogP contribution in [0.1, 0.15) is 24.1 Å². The van der Waals surface area contributed by atoms with Crippen LogP contribution in [0.2, 0.25) is 5.02 Å². The van der Waals surface area contributed by atoms with E-state index in [-0.39, 0.29) is 24.4 Å². The minimum Gasteiger partial charge on any atom is -0.344 e. The molecule has 0 radical (unpaired) electrons. The Kier molecular flexibility index (Phi) is 5.57. The van der Waals surface area contributed by atoms with E-state index in [0.29, 0.717) is 5.02 Å². The van der Waals surface area contributed by atoms with Gasteiger partial charge in [0.05, 0.1) is 12.6 Å². The molecular formula is C16H17ClN2O2S. The van der Waals surface area contributed by atoms with Crippen LogP contribution in [-0.2, 0) is 9.59 Å². The number of hydrogen-bond donors (Lipinski definition) is 1. The van der Waals surface area contributed by atoms with Crippen LogP contribution in [0.15, 0.2) is 41.1 Å². The molecule has 1 unspecified atom stereocenters. The van der Waals surface area contributed by atoms with Crippen LogP contribution in [-0.4, -0.2) is 30.3 Å². The third-order valence-electron chi connectivity index (χ3n) is 3.30. The Morgan fingerprint density at radius 3 is 2.45 bits per heavy atom. The summed E-state index contributed by atoms with van der Waals surface area (Å²) in [5.41, 5.74) is 1.95. The lowest BCUT2D eigenvalue weighted by Gasteiger charge is -2.21. The lowest BCUT2D eigenvalue weighted by atomic mass is 10.0. The van der Waals surface area contributed by atoms with Crippen molar-refractivity contribution in [2.24, 2.45) is 0 Å². The van der Waals surface area contributed by atoms with E-state index >= 15 is 0 Å². The van der Waals surface area contributed by atoms with Crippen molar-refractivity contribution in [1.29, 1.82) is 0 Å². The predicted molar refractivity (Wildman–Crippen MR) is 89.1 cm³/mol. The third-order valence-corrected chi connectivity index (χ3v) is 4.26. The van der Waals surface area contributed by atoms with E-state index < -0.39 is 0 Å². The Morgan fingerprint density at radius 1 is 1.23 bits per heavy atom. The highest BCUT2D eigenvalue weighted by atomic mass is 35.5. The van der Waals surface area contributed by atoms with Crippen molar-refractivity contribution in [3.63, 3.8) is 0 Å². The molecule has 6 heteroatoms. The molecule has 0 aliphatic carbocycles. The smallest absolute Gasteiger partial charge is 0.240 e. The normalized spacial score (nSPS) is 11.8. The number of nitrogens with zero attached hydrogens (tertiary/aromatic N) is 1. The molecule has 0 aliphatic heterocycles. The van der Waals surface area contributed by atoms with Gasteiger partial charge in [0.1, 0.15) is 0 Å². The monoisotopic (exact) mass is 336 g/mol. The summed E-state index contributed by atoms with van der Waals surface area (Å²) >= 11 is 7.49. The van der Waals surface area contributed by atoms with Crippen LogP contribution >= 0.6 is 22.9 Å². The van der Waals surface area contributed by atoms with E-state index in [9.17, 15) is 9.59 Å². The molecule has 2 aromatic rings. The first-order chi connectivity index (χ1) is 10.5. The number of benzene rings is 1. The second-order valence-electron chi connectivity index (χ2n) is 4.98. The average molecular weight is 337 g/mol. The number of thiophene rings is 1. The van der Waals surface area contributed by atoms with Crippen LogP contribution in [0.25, 0.3) is 0 Å². The number of carbonyl (C=O) groups excluding carboxylic acids is 2. The van der Waals surface area contributed by atoms with E-state index in [1.165, 1.54) is 11.8 Å². The fourth-order valence-electron chi connectivity index (χ4n) is 1.99.